The lowest BCUT2D eigenvalue weighted by Crippen LogP contribution is -2.05. The van der Waals surface area contributed by atoms with Gasteiger partial charge in [-0.25, -0.2) is 0 Å². The second kappa shape index (κ2) is 5.90. The first kappa shape index (κ1) is 12.9. The molecule has 1 aliphatic rings. The average molecular weight is 256 g/mol. The lowest BCUT2D eigenvalue weighted by molar-refractivity contribution is 0.252. The van der Waals surface area contributed by atoms with Gasteiger partial charge in [-0.3, -0.25) is 0 Å². The van der Waals surface area contributed by atoms with E-state index in [0.29, 0.717) is 23.7 Å². The number of epoxide rings is 1. The molecule has 1 aliphatic heterocycles. The summed E-state index contributed by atoms with van der Waals surface area (Å²) in [5, 5.41) is 17.4. The number of hydrogen-bond acceptors (Lipinski definition) is 5. The van der Waals surface area contributed by atoms with Crippen LogP contribution in [-0.2, 0) is 4.74 Å². The van der Waals surface area contributed by atoms with Crippen LogP contribution >= 0.6 is 0 Å². The lowest BCUT2D eigenvalue weighted by atomic mass is 10.1. The van der Waals surface area contributed by atoms with Gasteiger partial charge in [-0.15, -0.1) is 0 Å². The summed E-state index contributed by atoms with van der Waals surface area (Å²) < 4.78 is 15.9. The predicted molar refractivity (Wildman–Crippen MR) is 67.4 cm³/mol. The highest BCUT2D eigenvalue weighted by Crippen LogP contribution is 2.29. The molecule has 0 amide bonds. The maximum atomic E-state index is 8.71. The van der Waals surface area contributed by atoms with Gasteiger partial charge in [0.05, 0.1) is 13.7 Å². The molecule has 0 spiro atoms. The SMILES string of the molecule is COc1cc(C=C(C#N)C#N)ccc1OCC1CO1. The summed E-state index contributed by atoms with van der Waals surface area (Å²) in [7, 11) is 1.54. The largest absolute Gasteiger partial charge is 0.493 e. The maximum absolute atomic E-state index is 8.71. The highest BCUT2D eigenvalue weighted by atomic mass is 16.6. The van der Waals surface area contributed by atoms with E-state index in [1.807, 2.05) is 12.1 Å². The molecule has 0 radical (unpaired) electrons. The van der Waals surface area contributed by atoms with E-state index in [9.17, 15) is 0 Å². The molecule has 1 heterocycles. The Bertz CT molecular complexity index is 561. The van der Waals surface area contributed by atoms with Crippen LogP contribution in [0.25, 0.3) is 6.08 Å². The molecule has 1 fully saturated rings. The van der Waals surface area contributed by atoms with Gasteiger partial charge in [0.15, 0.2) is 11.5 Å². The van der Waals surface area contributed by atoms with Crippen LogP contribution in [0, 0.1) is 22.7 Å². The van der Waals surface area contributed by atoms with E-state index in [-0.39, 0.29) is 11.7 Å². The fourth-order valence-corrected chi connectivity index (χ4v) is 1.50. The monoisotopic (exact) mass is 256 g/mol. The molecule has 96 valence electrons. The molecule has 1 unspecified atom stereocenters. The zero-order valence-corrected chi connectivity index (χ0v) is 10.4. The molecule has 1 aromatic carbocycles. The Morgan fingerprint density at radius 3 is 2.74 bits per heavy atom. The number of nitrogens with zero attached hydrogens (tertiary/aromatic N) is 2. The van der Waals surface area contributed by atoms with Gasteiger partial charge in [-0.1, -0.05) is 6.07 Å². The first-order valence-corrected chi connectivity index (χ1v) is 5.71. The Hall–Kier alpha value is -2.50. The van der Waals surface area contributed by atoms with Crippen LogP contribution in [0.4, 0.5) is 0 Å². The molecular formula is C14H12N2O3. The maximum Gasteiger partial charge on any atom is 0.161 e. The predicted octanol–water partition coefficient (Wildman–Crippen LogP) is 1.90. The van der Waals surface area contributed by atoms with Crippen LogP contribution in [0.15, 0.2) is 23.8 Å². The molecule has 2 rings (SSSR count). The third-order valence-electron chi connectivity index (χ3n) is 2.57. The minimum atomic E-state index is 0.0436. The summed E-state index contributed by atoms with van der Waals surface area (Å²) in [6.45, 7) is 1.23. The van der Waals surface area contributed by atoms with Gasteiger partial charge in [0.1, 0.15) is 30.4 Å². The van der Waals surface area contributed by atoms with Gasteiger partial charge in [-0.05, 0) is 23.8 Å². The third kappa shape index (κ3) is 3.48. The lowest BCUT2D eigenvalue weighted by Gasteiger charge is -2.10. The quantitative estimate of drug-likeness (QED) is 0.594. The molecule has 0 N–H and O–H groups in total. The van der Waals surface area contributed by atoms with Gasteiger partial charge in [0.25, 0.3) is 0 Å². The Kier molecular flexibility index (Phi) is 4.02. The number of ether oxygens (including phenoxy) is 3. The molecule has 5 heteroatoms. The van der Waals surface area contributed by atoms with Gasteiger partial charge in [0.2, 0.25) is 0 Å². The zero-order valence-electron chi connectivity index (χ0n) is 10.4. The molecule has 19 heavy (non-hydrogen) atoms. The van der Waals surface area contributed by atoms with E-state index >= 15 is 0 Å². The smallest absolute Gasteiger partial charge is 0.161 e. The van der Waals surface area contributed by atoms with Gasteiger partial charge < -0.3 is 14.2 Å². The van der Waals surface area contributed by atoms with Crippen LogP contribution < -0.4 is 9.47 Å². The summed E-state index contributed by atoms with van der Waals surface area (Å²) in [4.78, 5) is 0. The van der Waals surface area contributed by atoms with E-state index < -0.39 is 0 Å². The van der Waals surface area contributed by atoms with Crippen LogP contribution in [0.5, 0.6) is 11.5 Å². The van der Waals surface area contributed by atoms with Crippen molar-refractivity contribution in [3.63, 3.8) is 0 Å². The summed E-state index contributed by atoms with van der Waals surface area (Å²) in [5.74, 6) is 1.18. The molecule has 0 saturated carbocycles. The summed E-state index contributed by atoms with van der Waals surface area (Å²) >= 11 is 0. The number of allylic oxidation sites excluding steroid dienone is 1. The number of benzene rings is 1. The fraction of sp³-hybridized carbons (Fsp3) is 0.286. The van der Waals surface area contributed by atoms with Crippen molar-refractivity contribution in [1.29, 1.82) is 10.5 Å². The Balaban J connectivity index is 2.17. The summed E-state index contributed by atoms with van der Waals surface area (Å²) in [5.41, 5.74) is 0.757. The van der Waals surface area contributed by atoms with Crippen molar-refractivity contribution in [2.24, 2.45) is 0 Å². The van der Waals surface area contributed by atoms with Crippen molar-refractivity contribution in [1.82, 2.24) is 0 Å². The molecule has 0 bridgehead atoms. The van der Waals surface area contributed by atoms with E-state index in [0.717, 1.165) is 6.61 Å². The van der Waals surface area contributed by atoms with Crippen LogP contribution in [0.2, 0.25) is 0 Å². The number of rotatable bonds is 5. The van der Waals surface area contributed by atoms with Gasteiger partial charge in [0, 0.05) is 0 Å². The second-order valence-electron chi connectivity index (χ2n) is 3.96. The molecule has 0 aromatic heterocycles. The molecule has 0 aliphatic carbocycles. The number of methoxy groups -OCH3 is 1. The average Bonchev–Trinajstić information content (AvgIpc) is 3.27. The second-order valence-corrected chi connectivity index (χ2v) is 3.96. The van der Waals surface area contributed by atoms with Gasteiger partial charge in [-0.2, -0.15) is 10.5 Å². The summed E-state index contributed by atoms with van der Waals surface area (Å²) in [6.07, 6.45) is 1.67. The van der Waals surface area contributed by atoms with Crippen LogP contribution in [0.3, 0.4) is 0 Å². The zero-order chi connectivity index (χ0) is 13.7. The van der Waals surface area contributed by atoms with Gasteiger partial charge >= 0.3 is 0 Å². The Labute approximate surface area is 111 Å². The minimum absolute atomic E-state index is 0.0436. The van der Waals surface area contributed by atoms with Crippen LogP contribution in [-0.4, -0.2) is 26.4 Å². The van der Waals surface area contributed by atoms with E-state index in [1.165, 1.54) is 6.08 Å². The number of hydrogen-bond donors (Lipinski definition) is 0. The number of nitriles is 2. The molecule has 1 atom stereocenters. The molecule has 5 nitrogen and oxygen atoms in total. The normalized spacial score (nSPS) is 15.8. The van der Waals surface area contributed by atoms with E-state index in [4.69, 9.17) is 24.7 Å². The van der Waals surface area contributed by atoms with Crippen molar-refractivity contribution in [2.45, 2.75) is 6.10 Å². The molecular weight excluding hydrogens is 244 g/mol. The third-order valence-corrected chi connectivity index (χ3v) is 2.57. The molecule has 1 aromatic rings. The van der Waals surface area contributed by atoms with Crippen molar-refractivity contribution in [2.75, 3.05) is 20.3 Å². The standard InChI is InChI=1S/C14H12N2O3/c1-17-14-5-10(4-11(6-15)7-16)2-3-13(14)19-9-12-8-18-12/h2-5,12H,8-9H2,1H3. The molecule has 1 saturated heterocycles. The van der Waals surface area contributed by atoms with Crippen molar-refractivity contribution in [3.8, 4) is 23.6 Å². The Morgan fingerprint density at radius 2 is 2.16 bits per heavy atom. The minimum Gasteiger partial charge on any atom is -0.493 e. The Morgan fingerprint density at radius 1 is 1.42 bits per heavy atom. The van der Waals surface area contributed by atoms with Crippen molar-refractivity contribution in [3.05, 3.63) is 29.3 Å². The van der Waals surface area contributed by atoms with Crippen molar-refractivity contribution >= 4 is 6.08 Å². The highest BCUT2D eigenvalue weighted by Gasteiger charge is 2.23. The van der Waals surface area contributed by atoms with E-state index in [2.05, 4.69) is 0 Å². The van der Waals surface area contributed by atoms with E-state index in [1.54, 1.807) is 25.3 Å². The highest BCUT2D eigenvalue weighted by molar-refractivity contribution is 5.64. The van der Waals surface area contributed by atoms with Crippen LogP contribution in [0.1, 0.15) is 5.56 Å². The topological polar surface area (TPSA) is 78.6 Å². The first-order valence-electron chi connectivity index (χ1n) is 5.71. The first-order chi connectivity index (χ1) is 9.26. The summed E-state index contributed by atoms with van der Waals surface area (Å²) in [6, 6.07) is 8.86. The van der Waals surface area contributed by atoms with Crippen molar-refractivity contribution < 1.29 is 14.2 Å². The fourth-order valence-electron chi connectivity index (χ4n) is 1.50.